The molecular formula is C20H20N4O4S3. The zero-order valence-corrected chi connectivity index (χ0v) is 18.9. The Morgan fingerprint density at radius 2 is 1.65 bits per heavy atom. The number of carbonyl (C=O) groups excluding carboxylic acids is 2. The lowest BCUT2D eigenvalue weighted by Crippen LogP contribution is -2.36. The molecule has 1 aliphatic rings. The maximum atomic E-state index is 13.0. The molecule has 3 heterocycles. The zero-order chi connectivity index (χ0) is 21.8. The minimum Gasteiger partial charge on any atom is -0.321 e. The van der Waals surface area contributed by atoms with E-state index in [1.165, 1.54) is 21.7 Å². The monoisotopic (exact) mass is 476 g/mol. The van der Waals surface area contributed by atoms with E-state index >= 15 is 0 Å². The molecule has 0 aliphatic carbocycles. The highest BCUT2D eigenvalue weighted by Crippen LogP contribution is 2.28. The number of thiazole rings is 1. The van der Waals surface area contributed by atoms with Crippen molar-refractivity contribution in [3.8, 4) is 0 Å². The summed E-state index contributed by atoms with van der Waals surface area (Å²) in [6.07, 6.45) is 4.27. The lowest BCUT2D eigenvalue weighted by molar-refractivity contribution is 0.102. The number of aromatic nitrogens is 1. The molecule has 1 aromatic carbocycles. The Labute approximate surface area is 188 Å². The van der Waals surface area contributed by atoms with Crippen LogP contribution in [-0.4, -0.2) is 42.6 Å². The molecular weight excluding hydrogens is 456 g/mol. The number of sulfonamides is 1. The van der Waals surface area contributed by atoms with E-state index in [-0.39, 0.29) is 15.7 Å². The van der Waals surface area contributed by atoms with Gasteiger partial charge in [0.2, 0.25) is 10.0 Å². The molecule has 1 aliphatic heterocycles. The van der Waals surface area contributed by atoms with E-state index in [1.807, 2.05) is 0 Å². The molecule has 1 saturated heterocycles. The standard InChI is InChI=1S/C20H20N4O4S3/c25-18(23-20-21-9-13-30-20)14-4-6-15(7-5-14)22-19(26)17-16(8-12-29-17)31(27,28)24-10-2-1-3-11-24/h4-9,12-13H,1-3,10-11H2,(H,22,26)(H,21,23,25). The summed E-state index contributed by atoms with van der Waals surface area (Å²) in [6, 6.07) is 7.84. The minimum absolute atomic E-state index is 0.0383. The van der Waals surface area contributed by atoms with Crippen molar-refractivity contribution < 1.29 is 18.0 Å². The first-order valence-corrected chi connectivity index (χ1v) is 12.8. The van der Waals surface area contributed by atoms with Gasteiger partial charge < -0.3 is 5.32 Å². The van der Waals surface area contributed by atoms with Crippen molar-refractivity contribution >= 4 is 55.3 Å². The molecule has 2 amide bonds. The van der Waals surface area contributed by atoms with Gasteiger partial charge in [0.05, 0.1) is 0 Å². The van der Waals surface area contributed by atoms with Crippen molar-refractivity contribution in [1.29, 1.82) is 0 Å². The number of carbonyl (C=O) groups is 2. The van der Waals surface area contributed by atoms with Crippen LogP contribution in [0.4, 0.5) is 10.8 Å². The van der Waals surface area contributed by atoms with Gasteiger partial charge in [-0.1, -0.05) is 6.42 Å². The van der Waals surface area contributed by atoms with Gasteiger partial charge in [0.15, 0.2) is 5.13 Å². The molecule has 2 N–H and O–H groups in total. The van der Waals surface area contributed by atoms with Gasteiger partial charge in [-0.3, -0.25) is 14.9 Å². The Kier molecular flexibility index (Phi) is 6.46. The fourth-order valence-electron chi connectivity index (χ4n) is 3.26. The third-order valence-corrected chi connectivity index (χ3v) is 8.50. The van der Waals surface area contributed by atoms with Crippen LogP contribution in [0.25, 0.3) is 0 Å². The molecule has 0 bridgehead atoms. The van der Waals surface area contributed by atoms with E-state index in [9.17, 15) is 18.0 Å². The number of thiophene rings is 1. The first-order valence-electron chi connectivity index (χ1n) is 9.65. The maximum Gasteiger partial charge on any atom is 0.267 e. The highest BCUT2D eigenvalue weighted by molar-refractivity contribution is 7.89. The van der Waals surface area contributed by atoms with Crippen LogP contribution >= 0.6 is 22.7 Å². The van der Waals surface area contributed by atoms with E-state index in [4.69, 9.17) is 0 Å². The third kappa shape index (κ3) is 4.85. The molecule has 11 heteroatoms. The Morgan fingerprint density at radius 1 is 0.903 bits per heavy atom. The van der Waals surface area contributed by atoms with E-state index in [0.717, 1.165) is 30.6 Å². The summed E-state index contributed by atoms with van der Waals surface area (Å²) in [5.74, 6) is -0.799. The van der Waals surface area contributed by atoms with Crippen molar-refractivity contribution in [2.75, 3.05) is 23.7 Å². The quantitative estimate of drug-likeness (QED) is 0.561. The first-order chi connectivity index (χ1) is 14.9. The van der Waals surface area contributed by atoms with Gasteiger partial charge in [-0.25, -0.2) is 13.4 Å². The lowest BCUT2D eigenvalue weighted by Gasteiger charge is -2.25. The number of rotatable bonds is 6. The highest BCUT2D eigenvalue weighted by Gasteiger charge is 2.31. The van der Waals surface area contributed by atoms with Gasteiger partial charge in [-0.2, -0.15) is 4.31 Å². The molecule has 3 aromatic rings. The largest absolute Gasteiger partial charge is 0.321 e. The van der Waals surface area contributed by atoms with Crippen molar-refractivity contribution in [3.05, 3.63) is 57.7 Å². The van der Waals surface area contributed by atoms with E-state index < -0.39 is 15.9 Å². The van der Waals surface area contributed by atoms with Gasteiger partial charge in [0.25, 0.3) is 11.8 Å². The predicted octanol–water partition coefficient (Wildman–Crippen LogP) is 3.88. The van der Waals surface area contributed by atoms with Gasteiger partial charge in [-0.05, 0) is 48.6 Å². The summed E-state index contributed by atoms with van der Waals surface area (Å²) in [6.45, 7) is 0.952. The Bertz CT molecular complexity index is 1170. The summed E-state index contributed by atoms with van der Waals surface area (Å²) in [7, 11) is -3.70. The molecule has 0 saturated carbocycles. The summed E-state index contributed by atoms with van der Waals surface area (Å²) in [5.41, 5.74) is 0.878. The van der Waals surface area contributed by atoms with Crippen LogP contribution in [0.3, 0.4) is 0 Å². The van der Waals surface area contributed by atoms with Crippen LogP contribution in [-0.2, 0) is 10.0 Å². The molecule has 2 aromatic heterocycles. The highest BCUT2D eigenvalue weighted by atomic mass is 32.2. The number of hydrogen-bond acceptors (Lipinski definition) is 7. The van der Waals surface area contributed by atoms with Gasteiger partial charge in [0, 0.05) is 35.9 Å². The molecule has 0 unspecified atom stereocenters. The zero-order valence-electron chi connectivity index (χ0n) is 16.4. The summed E-state index contributed by atoms with van der Waals surface area (Å²) in [5, 5.41) is 9.28. The topological polar surface area (TPSA) is 108 Å². The van der Waals surface area contributed by atoms with Crippen LogP contribution in [0.1, 0.15) is 39.3 Å². The second kappa shape index (κ2) is 9.27. The molecule has 162 valence electrons. The Morgan fingerprint density at radius 3 is 2.32 bits per heavy atom. The van der Waals surface area contributed by atoms with Crippen molar-refractivity contribution in [1.82, 2.24) is 9.29 Å². The van der Waals surface area contributed by atoms with Crippen molar-refractivity contribution in [2.45, 2.75) is 24.2 Å². The van der Waals surface area contributed by atoms with Crippen LogP contribution in [0, 0.1) is 0 Å². The summed E-state index contributed by atoms with van der Waals surface area (Å²) in [4.78, 5) is 29.2. The fraction of sp³-hybridized carbons (Fsp3) is 0.250. The van der Waals surface area contributed by atoms with Gasteiger partial charge in [-0.15, -0.1) is 22.7 Å². The number of anilines is 2. The molecule has 0 radical (unpaired) electrons. The normalized spacial score (nSPS) is 14.8. The Hall–Kier alpha value is -2.60. The minimum atomic E-state index is -3.70. The van der Waals surface area contributed by atoms with Crippen LogP contribution in [0.2, 0.25) is 0 Å². The third-order valence-electron chi connectivity index (χ3n) is 4.83. The number of nitrogens with one attached hydrogen (secondary N) is 2. The maximum absolute atomic E-state index is 13.0. The number of amides is 2. The number of piperidine rings is 1. The summed E-state index contributed by atoms with van der Waals surface area (Å²) < 4.78 is 27.4. The van der Waals surface area contributed by atoms with E-state index in [1.54, 1.807) is 41.2 Å². The van der Waals surface area contributed by atoms with Crippen LogP contribution in [0.15, 0.2) is 52.2 Å². The average molecular weight is 477 g/mol. The Balaban J connectivity index is 1.45. The second-order valence-electron chi connectivity index (χ2n) is 6.90. The number of hydrogen-bond donors (Lipinski definition) is 2. The van der Waals surface area contributed by atoms with Crippen molar-refractivity contribution in [3.63, 3.8) is 0 Å². The smallest absolute Gasteiger partial charge is 0.267 e. The fourth-order valence-corrected chi connectivity index (χ4v) is 6.59. The molecule has 4 rings (SSSR count). The van der Waals surface area contributed by atoms with Gasteiger partial charge in [0.1, 0.15) is 9.77 Å². The van der Waals surface area contributed by atoms with Gasteiger partial charge >= 0.3 is 0 Å². The molecule has 0 spiro atoms. The van der Waals surface area contributed by atoms with Crippen LogP contribution in [0.5, 0.6) is 0 Å². The van der Waals surface area contributed by atoms with Crippen molar-refractivity contribution in [2.24, 2.45) is 0 Å². The molecule has 31 heavy (non-hydrogen) atoms. The molecule has 1 fully saturated rings. The second-order valence-corrected chi connectivity index (χ2v) is 10.6. The van der Waals surface area contributed by atoms with E-state index in [0.29, 0.717) is 29.5 Å². The predicted molar refractivity (Wildman–Crippen MR) is 121 cm³/mol. The van der Waals surface area contributed by atoms with Crippen LogP contribution < -0.4 is 10.6 Å². The number of nitrogens with zero attached hydrogens (tertiary/aromatic N) is 2. The number of benzene rings is 1. The first kappa shape index (κ1) is 21.6. The lowest BCUT2D eigenvalue weighted by atomic mass is 10.2. The molecule has 8 nitrogen and oxygen atoms in total. The SMILES string of the molecule is O=C(Nc1nccs1)c1ccc(NC(=O)c2sccc2S(=O)(=O)N2CCCCC2)cc1. The van der Waals surface area contributed by atoms with E-state index in [2.05, 4.69) is 15.6 Å². The average Bonchev–Trinajstić information content (AvgIpc) is 3.47. The summed E-state index contributed by atoms with van der Waals surface area (Å²) >= 11 is 2.41. The molecule has 0 atom stereocenters.